The molecule has 2 aromatic rings. The van der Waals surface area contributed by atoms with E-state index in [9.17, 15) is 4.79 Å². The van der Waals surface area contributed by atoms with Gasteiger partial charge in [0.05, 0.1) is 5.69 Å². The van der Waals surface area contributed by atoms with Crippen molar-refractivity contribution in [3.8, 4) is 11.8 Å². The average molecular weight is 360 g/mol. The number of carbonyl (C=O) groups is 1. The maximum atomic E-state index is 13.1. The minimum Gasteiger partial charge on any atom is -0.349 e. The highest BCUT2D eigenvalue weighted by Gasteiger charge is 2.51. The first-order chi connectivity index (χ1) is 13.1. The van der Waals surface area contributed by atoms with Gasteiger partial charge in [0.15, 0.2) is 0 Å². The molecule has 1 amide bonds. The van der Waals surface area contributed by atoms with Gasteiger partial charge >= 0.3 is 0 Å². The molecule has 4 bridgehead atoms. The number of hydrogen-bond donors (Lipinski definition) is 1. The molecule has 0 unspecified atom stereocenters. The van der Waals surface area contributed by atoms with E-state index in [-0.39, 0.29) is 17.2 Å². The molecule has 4 saturated carbocycles. The van der Waals surface area contributed by atoms with Crippen LogP contribution in [0.4, 0.5) is 0 Å². The summed E-state index contributed by atoms with van der Waals surface area (Å²) in [5.74, 6) is 8.66. The number of nitrogens with zero attached hydrogens (tertiary/aromatic N) is 1. The van der Waals surface area contributed by atoms with Crippen LogP contribution in [-0.2, 0) is 0 Å². The first kappa shape index (κ1) is 16.6. The van der Waals surface area contributed by atoms with Gasteiger partial charge in [0.25, 0.3) is 5.91 Å². The fourth-order valence-electron chi connectivity index (χ4n) is 5.89. The molecule has 4 aliphatic carbocycles. The van der Waals surface area contributed by atoms with Crippen molar-refractivity contribution < 1.29 is 9.32 Å². The molecule has 1 aromatic carbocycles. The van der Waals surface area contributed by atoms with Gasteiger partial charge in [0.2, 0.25) is 5.76 Å². The van der Waals surface area contributed by atoms with Crippen molar-refractivity contribution in [3.63, 3.8) is 0 Å². The highest BCUT2D eigenvalue weighted by Crippen LogP contribution is 2.55. The lowest BCUT2D eigenvalue weighted by Crippen LogP contribution is -2.59. The normalized spacial score (nSPS) is 30.6. The zero-order valence-corrected chi connectivity index (χ0v) is 15.6. The molecule has 27 heavy (non-hydrogen) atoms. The van der Waals surface area contributed by atoms with Crippen LogP contribution in [0.2, 0.25) is 0 Å². The van der Waals surface area contributed by atoms with Gasteiger partial charge in [-0.3, -0.25) is 4.79 Å². The Morgan fingerprint density at radius 3 is 2.33 bits per heavy atom. The molecule has 0 saturated heterocycles. The molecule has 0 atom stereocenters. The van der Waals surface area contributed by atoms with E-state index in [0.717, 1.165) is 42.6 Å². The van der Waals surface area contributed by atoms with Gasteiger partial charge in [0.1, 0.15) is 5.56 Å². The van der Waals surface area contributed by atoms with Crippen LogP contribution < -0.4 is 5.32 Å². The number of aryl methyl sites for hydroxylation is 1. The topological polar surface area (TPSA) is 55.1 Å². The first-order valence-corrected chi connectivity index (χ1v) is 9.96. The number of carbonyl (C=O) groups excluding carboxylic acids is 1. The third kappa shape index (κ3) is 3.06. The number of hydrogen-bond acceptors (Lipinski definition) is 3. The van der Waals surface area contributed by atoms with Crippen LogP contribution in [0.1, 0.15) is 65.9 Å². The predicted molar refractivity (Wildman–Crippen MR) is 102 cm³/mol. The van der Waals surface area contributed by atoms with Crippen molar-refractivity contribution in [3.05, 3.63) is 52.9 Å². The standard InChI is InChI=1S/C23H24N2O2/c1-15-20(8-7-16-5-3-2-4-6-16)21(27-25-15)22(26)24-23-12-17-9-18(13-23)11-19(10-17)14-23/h2-6,17-19H,9-14H2,1H3,(H,24,26). The van der Waals surface area contributed by atoms with E-state index < -0.39 is 0 Å². The first-order valence-electron chi connectivity index (χ1n) is 9.96. The lowest BCUT2D eigenvalue weighted by atomic mass is 9.53. The Morgan fingerprint density at radius 2 is 1.70 bits per heavy atom. The summed E-state index contributed by atoms with van der Waals surface area (Å²) in [5.41, 5.74) is 2.12. The molecule has 138 valence electrons. The second kappa shape index (κ2) is 6.27. The highest BCUT2D eigenvalue weighted by atomic mass is 16.5. The number of aromatic nitrogens is 1. The molecule has 6 rings (SSSR count). The molecule has 0 spiro atoms. The van der Waals surface area contributed by atoms with Crippen LogP contribution in [0, 0.1) is 36.5 Å². The number of amides is 1. The van der Waals surface area contributed by atoms with Crippen LogP contribution in [-0.4, -0.2) is 16.6 Å². The molecule has 0 radical (unpaired) electrons. The maximum Gasteiger partial charge on any atom is 0.291 e. The Morgan fingerprint density at radius 1 is 1.07 bits per heavy atom. The van der Waals surface area contributed by atoms with E-state index in [1.807, 2.05) is 37.3 Å². The highest BCUT2D eigenvalue weighted by molar-refractivity contribution is 5.94. The molecule has 1 heterocycles. The molecule has 4 fully saturated rings. The van der Waals surface area contributed by atoms with Gasteiger partial charge in [-0.2, -0.15) is 0 Å². The smallest absolute Gasteiger partial charge is 0.291 e. The fourth-order valence-corrected chi connectivity index (χ4v) is 5.89. The van der Waals surface area contributed by atoms with E-state index in [1.54, 1.807) is 0 Å². The quantitative estimate of drug-likeness (QED) is 0.821. The second-order valence-electron chi connectivity index (χ2n) is 8.74. The molecular weight excluding hydrogens is 336 g/mol. The van der Waals surface area contributed by atoms with E-state index in [0.29, 0.717) is 11.3 Å². The largest absolute Gasteiger partial charge is 0.349 e. The third-order valence-corrected chi connectivity index (χ3v) is 6.59. The van der Waals surface area contributed by atoms with Crippen molar-refractivity contribution in [2.45, 2.75) is 51.0 Å². The van der Waals surface area contributed by atoms with E-state index in [2.05, 4.69) is 22.3 Å². The Bertz CT molecular complexity index is 897. The summed E-state index contributed by atoms with van der Waals surface area (Å²) in [6.45, 7) is 1.83. The van der Waals surface area contributed by atoms with E-state index >= 15 is 0 Å². The summed E-state index contributed by atoms with van der Waals surface area (Å²) in [7, 11) is 0. The Kier molecular flexibility index (Phi) is 3.86. The molecule has 4 aliphatic rings. The fraction of sp³-hybridized carbons (Fsp3) is 0.478. The molecule has 1 N–H and O–H groups in total. The van der Waals surface area contributed by atoms with Gasteiger partial charge in [-0.25, -0.2) is 0 Å². The van der Waals surface area contributed by atoms with E-state index in [1.165, 1.54) is 19.3 Å². The second-order valence-corrected chi connectivity index (χ2v) is 8.74. The summed E-state index contributed by atoms with van der Waals surface area (Å²) in [4.78, 5) is 13.1. The predicted octanol–water partition coefficient (Wildman–Crippen LogP) is 4.08. The monoisotopic (exact) mass is 360 g/mol. The maximum absolute atomic E-state index is 13.1. The Labute approximate surface area is 159 Å². The van der Waals surface area contributed by atoms with Crippen molar-refractivity contribution >= 4 is 5.91 Å². The number of benzene rings is 1. The summed E-state index contributed by atoms with van der Waals surface area (Å²) < 4.78 is 5.40. The molecular formula is C23H24N2O2. The number of rotatable bonds is 2. The van der Waals surface area contributed by atoms with Crippen molar-refractivity contribution in [1.29, 1.82) is 0 Å². The van der Waals surface area contributed by atoms with Gasteiger partial charge in [-0.05, 0) is 75.3 Å². The van der Waals surface area contributed by atoms with Gasteiger partial charge in [0, 0.05) is 11.1 Å². The van der Waals surface area contributed by atoms with E-state index in [4.69, 9.17) is 4.52 Å². The van der Waals surface area contributed by atoms with Crippen LogP contribution in [0.25, 0.3) is 0 Å². The van der Waals surface area contributed by atoms with Crippen molar-refractivity contribution in [2.24, 2.45) is 17.8 Å². The minimum absolute atomic E-state index is 0.0450. The lowest BCUT2D eigenvalue weighted by Gasteiger charge is -2.56. The van der Waals surface area contributed by atoms with Crippen molar-refractivity contribution in [2.75, 3.05) is 0 Å². The van der Waals surface area contributed by atoms with Gasteiger partial charge in [-0.1, -0.05) is 35.2 Å². The van der Waals surface area contributed by atoms with Crippen LogP contribution in [0.15, 0.2) is 34.9 Å². The minimum atomic E-state index is -0.157. The summed E-state index contributed by atoms with van der Waals surface area (Å²) in [6, 6.07) is 9.76. The van der Waals surface area contributed by atoms with Gasteiger partial charge in [-0.15, -0.1) is 0 Å². The SMILES string of the molecule is Cc1noc(C(=O)NC23CC4CC(CC(C4)C2)C3)c1C#Cc1ccccc1. The Hall–Kier alpha value is -2.54. The van der Waals surface area contributed by atoms with Gasteiger partial charge < -0.3 is 9.84 Å². The zero-order chi connectivity index (χ0) is 18.4. The zero-order valence-electron chi connectivity index (χ0n) is 15.6. The van der Waals surface area contributed by atoms with Crippen LogP contribution in [0.5, 0.6) is 0 Å². The summed E-state index contributed by atoms with van der Waals surface area (Å²) in [5, 5.41) is 7.36. The third-order valence-electron chi connectivity index (χ3n) is 6.59. The van der Waals surface area contributed by atoms with Crippen molar-refractivity contribution in [1.82, 2.24) is 10.5 Å². The molecule has 0 aliphatic heterocycles. The average Bonchev–Trinajstić information content (AvgIpc) is 3.00. The molecule has 4 nitrogen and oxygen atoms in total. The summed E-state index contributed by atoms with van der Waals surface area (Å²) in [6.07, 6.45) is 7.40. The van der Waals surface area contributed by atoms with Crippen LogP contribution in [0.3, 0.4) is 0 Å². The van der Waals surface area contributed by atoms with Crippen LogP contribution >= 0.6 is 0 Å². The molecule has 4 heteroatoms. The molecule has 1 aromatic heterocycles. The lowest BCUT2D eigenvalue weighted by molar-refractivity contribution is -0.0172. The Balaban J connectivity index is 1.39. The number of nitrogens with one attached hydrogen (secondary N) is 1. The summed E-state index contributed by atoms with van der Waals surface area (Å²) >= 11 is 0.